The molecule has 1 atom stereocenters. The van der Waals surface area contributed by atoms with Gasteiger partial charge in [0.25, 0.3) is 5.91 Å². The summed E-state index contributed by atoms with van der Waals surface area (Å²) in [6.07, 6.45) is 4.40. The molecule has 0 radical (unpaired) electrons. The number of amides is 2. The van der Waals surface area contributed by atoms with E-state index in [1.165, 1.54) is 11.8 Å². The van der Waals surface area contributed by atoms with E-state index in [0.29, 0.717) is 29.8 Å². The first-order valence-electron chi connectivity index (χ1n) is 10.9. The van der Waals surface area contributed by atoms with Crippen LogP contribution >= 0.6 is 11.8 Å². The Morgan fingerprint density at radius 3 is 2.45 bits per heavy atom. The molecule has 0 spiro atoms. The SMILES string of the molecule is CCCCNC(=O)Cc1ccc(C(=O)NC(CCSC)C(=O)O)c(-c2ccccc2C)c1.[LiH]. The summed E-state index contributed by atoms with van der Waals surface area (Å²) in [5.74, 6) is -0.913. The van der Waals surface area contributed by atoms with Crippen molar-refractivity contribution in [3.8, 4) is 11.1 Å². The minimum absolute atomic E-state index is 0. The first-order chi connectivity index (χ1) is 15.4. The second kappa shape index (κ2) is 14.8. The van der Waals surface area contributed by atoms with Crippen LogP contribution in [0, 0.1) is 6.92 Å². The molecule has 2 aromatic rings. The number of aliphatic carboxylic acids is 1. The first kappa shape index (κ1) is 28.8. The average molecular weight is 465 g/mol. The van der Waals surface area contributed by atoms with Crippen molar-refractivity contribution in [2.45, 2.75) is 45.6 Å². The summed E-state index contributed by atoms with van der Waals surface area (Å²) < 4.78 is 0. The van der Waals surface area contributed by atoms with Crippen molar-refractivity contribution in [2.75, 3.05) is 18.6 Å². The minimum atomic E-state index is -1.05. The van der Waals surface area contributed by atoms with Gasteiger partial charge < -0.3 is 15.7 Å². The van der Waals surface area contributed by atoms with E-state index in [1.54, 1.807) is 12.1 Å². The standard InChI is InChI=1S/C25H32N2O4S.Li.H/c1-4-5-13-26-23(28)16-18-10-11-20(21(15-18)19-9-7-6-8-17(19)2)24(29)27-22(25(30)31)12-14-32-3;;/h6-11,15,22H,4-5,12-14,16H2,1-3H3,(H,26,28)(H,27,29)(H,30,31);;. The molecular weight excluding hydrogens is 431 g/mol. The molecule has 0 aliphatic heterocycles. The average Bonchev–Trinajstić information content (AvgIpc) is 2.76. The molecule has 2 aromatic carbocycles. The molecule has 174 valence electrons. The van der Waals surface area contributed by atoms with Gasteiger partial charge in [-0.25, -0.2) is 4.79 Å². The van der Waals surface area contributed by atoms with Gasteiger partial charge in [0.15, 0.2) is 0 Å². The Labute approximate surface area is 212 Å². The summed E-state index contributed by atoms with van der Waals surface area (Å²) in [5, 5.41) is 15.1. The number of aryl methyl sites for hydroxylation is 1. The molecule has 33 heavy (non-hydrogen) atoms. The van der Waals surface area contributed by atoms with Crippen LogP contribution in [0.1, 0.15) is 47.7 Å². The number of nitrogens with one attached hydrogen (secondary N) is 2. The van der Waals surface area contributed by atoms with Gasteiger partial charge in [-0.1, -0.05) is 43.7 Å². The number of carbonyl (C=O) groups is 3. The molecule has 0 bridgehead atoms. The summed E-state index contributed by atoms with van der Waals surface area (Å²) in [4.78, 5) is 37.0. The van der Waals surface area contributed by atoms with Crippen LogP contribution in [0.15, 0.2) is 42.5 Å². The Kier molecular flexibility index (Phi) is 13.0. The number of carboxylic acids is 1. The third kappa shape index (κ3) is 8.92. The fraction of sp³-hybridized carbons (Fsp3) is 0.400. The Morgan fingerprint density at radius 2 is 1.82 bits per heavy atom. The van der Waals surface area contributed by atoms with E-state index < -0.39 is 17.9 Å². The zero-order valence-corrected chi connectivity index (χ0v) is 19.8. The monoisotopic (exact) mass is 464 g/mol. The summed E-state index contributed by atoms with van der Waals surface area (Å²) in [5.41, 5.74) is 3.74. The number of carboxylic acid groups (broad SMARTS) is 1. The Morgan fingerprint density at radius 1 is 1.09 bits per heavy atom. The molecule has 0 heterocycles. The van der Waals surface area contributed by atoms with Crippen molar-refractivity contribution in [3.05, 3.63) is 59.2 Å². The molecule has 0 saturated carbocycles. The number of hydrogen-bond acceptors (Lipinski definition) is 4. The predicted octanol–water partition coefficient (Wildman–Crippen LogP) is 3.41. The summed E-state index contributed by atoms with van der Waals surface area (Å²) in [7, 11) is 0. The van der Waals surface area contributed by atoms with E-state index >= 15 is 0 Å². The molecule has 0 aliphatic carbocycles. The van der Waals surface area contributed by atoms with Gasteiger partial charge in [-0.05, 0) is 66.2 Å². The van der Waals surface area contributed by atoms with Gasteiger partial charge in [0.05, 0.1) is 6.42 Å². The molecule has 8 heteroatoms. The molecule has 0 fully saturated rings. The molecule has 2 rings (SSSR count). The van der Waals surface area contributed by atoms with Gasteiger partial charge >= 0.3 is 24.8 Å². The van der Waals surface area contributed by atoms with Crippen LogP contribution in [0.25, 0.3) is 11.1 Å². The maximum atomic E-state index is 13.1. The van der Waals surface area contributed by atoms with Crippen molar-refractivity contribution >= 4 is 48.4 Å². The fourth-order valence-corrected chi connectivity index (χ4v) is 3.85. The van der Waals surface area contributed by atoms with E-state index in [-0.39, 0.29) is 31.2 Å². The molecule has 0 saturated heterocycles. The number of hydrogen-bond donors (Lipinski definition) is 3. The number of carbonyl (C=O) groups excluding carboxylic acids is 2. The van der Waals surface area contributed by atoms with Gasteiger partial charge in [-0.3, -0.25) is 9.59 Å². The van der Waals surface area contributed by atoms with Crippen LogP contribution in [0.3, 0.4) is 0 Å². The van der Waals surface area contributed by atoms with E-state index in [2.05, 4.69) is 17.6 Å². The zero-order valence-electron chi connectivity index (χ0n) is 18.9. The van der Waals surface area contributed by atoms with Crippen LogP contribution in [0.4, 0.5) is 0 Å². The van der Waals surface area contributed by atoms with Crippen LogP contribution in [-0.4, -0.2) is 66.3 Å². The number of thioether (sulfide) groups is 1. The summed E-state index contributed by atoms with van der Waals surface area (Å²) in [6.45, 7) is 4.67. The normalized spacial score (nSPS) is 11.2. The van der Waals surface area contributed by atoms with Crippen molar-refractivity contribution in [2.24, 2.45) is 0 Å². The Bertz CT molecular complexity index is 952. The molecule has 3 N–H and O–H groups in total. The van der Waals surface area contributed by atoms with Gasteiger partial charge in [0, 0.05) is 12.1 Å². The number of benzene rings is 2. The van der Waals surface area contributed by atoms with E-state index in [0.717, 1.165) is 29.5 Å². The molecule has 2 amide bonds. The maximum absolute atomic E-state index is 13.1. The van der Waals surface area contributed by atoms with Crippen molar-refractivity contribution < 1.29 is 19.5 Å². The molecule has 1 unspecified atom stereocenters. The zero-order chi connectivity index (χ0) is 23.5. The predicted molar refractivity (Wildman–Crippen MR) is 137 cm³/mol. The summed E-state index contributed by atoms with van der Waals surface area (Å²) in [6, 6.07) is 12.0. The van der Waals surface area contributed by atoms with Gasteiger partial charge in [-0.2, -0.15) is 11.8 Å². The Hall–Kier alpha value is -2.20. The third-order valence-corrected chi connectivity index (χ3v) is 5.84. The van der Waals surface area contributed by atoms with Crippen LogP contribution < -0.4 is 10.6 Å². The van der Waals surface area contributed by atoms with E-state index in [9.17, 15) is 19.5 Å². The van der Waals surface area contributed by atoms with Crippen molar-refractivity contribution in [3.63, 3.8) is 0 Å². The van der Waals surface area contributed by atoms with Gasteiger partial charge in [-0.15, -0.1) is 0 Å². The molecule has 0 aromatic heterocycles. The first-order valence-corrected chi connectivity index (χ1v) is 12.2. The number of rotatable bonds is 12. The second-order valence-corrected chi connectivity index (χ2v) is 8.71. The van der Waals surface area contributed by atoms with E-state index in [1.807, 2.05) is 43.5 Å². The van der Waals surface area contributed by atoms with Crippen molar-refractivity contribution in [1.82, 2.24) is 10.6 Å². The van der Waals surface area contributed by atoms with Gasteiger partial charge in [0.1, 0.15) is 6.04 Å². The quantitative estimate of drug-likeness (QED) is 0.331. The van der Waals surface area contributed by atoms with Crippen LogP contribution in [0.5, 0.6) is 0 Å². The second-order valence-electron chi connectivity index (χ2n) is 7.72. The van der Waals surface area contributed by atoms with Crippen LogP contribution in [0.2, 0.25) is 0 Å². The van der Waals surface area contributed by atoms with E-state index in [4.69, 9.17) is 0 Å². The Balaban J connectivity index is 0.00000544. The molecule has 0 aliphatic rings. The summed E-state index contributed by atoms with van der Waals surface area (Å²) >= 11 is 1.53. The number of unbranched alkanes of at least 4 members (excludes halogenated alkanes) is 1. The molecule has 6 nitrogen and oxygen atoms in total. The topological polar surface area (TPSA) is 95.5 Å². The molecular formula is C25H33LiN2O4S. The van der Waals surface area contributed by atoms with Gasteiger partial charge in [0.2, 0.25) is 5.91 Å². The third-order valence-electron chi connectivity index (χ3n) is 5.20. The fourth-order valence-electron chi connectivity index (χ4n) is 3.38. The van der Waals surface area contributed by atoms with Crippen LogP contribution in [-0.2, 0) is 16.0 Å². The van der Waals surface area contributed by atoms with Crippen molar-refractivity contribution in [1.29, 1.82) is 0 Å².